The normalized spacial score (nSPS) is 16.7. The van der Waals surface area contributed by atoms with Gasteiger partial charge in [-0.3, -0.25) is 4.79 Å². The number of carbonyl (C=O) groups excluding carboxylic acids is 1. The van der Waals surface area contributed by atoms with Crippen LogP contribution < -0.4 is 10.0 Å². The van der Waals surface area contributed by atoms with E-state index >= 15 is 0 Å². The first kappa shape index (κ1) is 23.8. The number of morpholine rings is 1. The van der Waals surface area contributed by atoms with Gasteiger partial charge in [0, 0.05) is 18.0 Å². The number of rotatable bonds is 8. The van der Waals surface area contributed by atoms with Gasteiger partial charge >= 0.3 is 0 Å². The number of sulfonamides is 2. The summed E-state index contributed by atoms with van der Waals surface area (Å²) in [4.78, 5) is 12.7. The zero-order chi connectivity index (χ0) is 22.6. The summed E-state index contributed by atoms with van der Waals surface area (Å²) in [5.41, 5.74) is 0. The third-order valence-electron chi connectivity index (χ3n) is 4.49. The van der Waals surface area contributed by atoms with Crippen molar-refractivity contribution in [3.63, 3.8) is 0 Å². The van der Waals surface area contributed by atoms with E-state index in [-0.39, 0.29) is 28.7 Å². The number of thiophene rings is 1. The molecule has 0 spiro atoms. The Kier molecular flexibility index (Phi) is 7.44. The Morgan fingerprint density at radius 1 is 1.13 bits per heavy atom. The van der Waals surface area contributed by atoms with Crippen LogP contribution in [0.3, 0.4) is 0 Å². The number of ether oxygens (including phenoxy) is 1. The second-order valence-corrected chi connectivity index (χ2v) is 11.8. The topological polar surface area (TPSA) is 122 Å². The van der Waals surface area contributed by atoms with E-state index in [0.29, 0.717) is 18.1 Å². The number of nitrogens with zero attached hydrogens (tertiary/aromatic N) is 1. The molecule has 2 aromatic rings. The molecule has 0 saturated carbocycles. The fourth-order valence-electron chi connectivity index (χ4n) is 2.80. The van der Waals surface area contributed by atoms with Gasteiger partial charge in [-0.05, 0) is 43.3 Å². The van der Waals surface area contributed by atoms with Crippen LogP contribution in [-0.2, 0) is 36.1 Å². The number of carbonyl (C=O) groups is 1. The van der Waals surface area contributed by atoms with Crippen LogP contribution in [0.2, 0.25) is 0 Å². The second kappa shape index (κ2) is 9.71. The maximum absolute atomic E-state index is 13.0. The van der Waals surface area contributed by atoms with Crippen LogP contribution in [0.1, 0.15) is 11.8 Å². The van der Waals surface area contributed by atoms with Crippen LogP contribution in [0.25, 0.3) is 0 Å². The number of benzene rings is 1. The van der Waals surface area contributed by atoms with Gasteiger partial charge in [0.15, 0.2) is 0 Å². The van der Waals surface area contributed by atoms with E-state index in [1.54, 1.807) is 6.07 Å². The Bertz CT molecular complexity index is 1130. The highest BCUT2D eigenvalue weighted by Gasteiger charge is 2.28. The van der Waals surface area contributed by atoms with Crippen molar-refractivity contribution >= 4 is 37.3 Å². The molecule has 3 rings (SSSR count). The summed E-state index contributed by atoms with van der Waals surface area (Å²) in [5, 5.41) is 2.58. The molecule has 9 nitrogen and oxygen atoms in total. The standard InChI is InChI=1S/C18H22FN3O6S3/c1-13(21-30(24,25)16-5-2-14(19)3-6-16)18(23)20-12-15-4-7-17(29-15)31(26,27)22-8-10-28-11-9-22/h2-7,13,21H,8-12H2,1H3,(H,20,23)/t13-/m0/s1. The van der Waals surface area contributed by atoms with E-state index < -0.39 is 37.8 Å². The van der Waals surface area contributed by atoms with Gasteiger partial charge in [-0.1, -0.05) is 0 Å². The Morgan fingerprint density at radius 2 is 1.77 bits per heavy atom. The lowest BCUT2D eigenvalue weighted by Gasteiger charge is -2.25. The highest BCUT2D eigenvalue weighted by molar-refractivity contribution is 7.91. The molecular weight excluding hydrogens is 469 g/mol. The first-order chi connectivity index (χ1) is 14.6. The SMILES string of the molecule is C[C@H](NS(=O)(=O)c1ccc(F)cc1)C(=O)NCc1ccc(S(=O)(=O)N2CCOCC2)s1. The summed E-state index contributed by atoms with van der Waals surface area (Å²) < 4.78 is 71.8. The van der Waals surface area contributed by atoms with Gasteiger partial charge in [-0.2, -0.15) is 9.03 Å². The molecular formula is C18H22FN3O6S3. The van der Waals surface area contributed by atoms with Gasteiger partial charge < -0.3 is 10.1 Å². The lowest BCUT2D eigenvalue weighted by Crippen LogP contribution is -2.44. The highest BCUT2D eigenvalue weighted by Crippen LogP contribution is 2.25. The van der Waals surface area contributed by atoms with Crippen LogP contribution in [0, 0.1) is 5.82 Å². The van der Waals surface area contributed by atoms with Crippen LogP contribution in [0.4, 0.5) is 4.39 Å². The number of amides is 1. The Labute approximate surface area is 184 Å². The smallest absolute Gasteiger partial charge is 0.252 e. The minimum atomic E-state index is -4.00. The molecule has 1 aromatic carbocycles. The van der Waals surface area contributed by atoms with E-state index in [1.165, 1.54) is 17.3 Å². The molecule has 2 heterocycles. The Morgan fingerprint density at radius 3 is 2.42 bits per heavy atom. The maximum Gasteiger partial charge on any atom is 0.252 e. The molecule has 1 saturated heterocycles. The molecule has 1 aliphatic rings. The third-order valence-corrected chi connectivity index (χ3v) is 9.50. The average Bonchev–Trinajstić information content (AvgIpc) is 3.22. The van der Waals surface area contributed by atoms with E-state index in [2.05, 4.69) is 10.0 Å². The number of hydrogen-bond donors (Lipinski definition) is 2. The highest BCUT2D eigenvalue weighted by atomic mass is 32.2. The summed E-state index contributed by atoms with van der Waals surface area (Å²) in [6.45, 7) is 2.69. The predicted molar refractivity (Wildman–Crippen MR) is 112 cm³/mol. The summed E-state index contributed by atoms with van der Waals surface area (Å²) in [6, 6.07) is 6.22. The molecule has 31 heavy (non-hydrogen) atoms. The van der Waals surface area contributed by atoms with Gasteiger partial charge in [0.05, 0.1) is 30.7 Å². The molecule has 0 bridgehead atoms. The molecule has 1 aliphatic heterocycles. The van der Waals surface area contributed by atoms with Crippen LogP contribution >= 0.6 is 11.3 Å². The van der Waals surface area contributed by atoms with Crippen molar-refractivity contribution in [1.29, 1.82) is 0 Å². The fraction of sp³-hybridized carbons (Fsp3) is 0.389. The van der Waals surface area contributed by atoms with Gasteiger partial charge in [0.1, 0.15) is 10.0 Å². The lowest BCUT2D eigenvalue weighted by molar-refractivity contribution is -0.122. The molecule has 13 heteroatoms. The van der Waals surface area contributed by atoms with Crippen LogP contribution in [-0.4, -0.2) is 59.4 Å². The zero-order valence-electron chi connectivity index (χ0n) is 16.6. The van der Waals surface area contributed by atoms with Crippen molar-refractivity contribution in [3.8, 4) is 0 Å². The summed E-state index contributed by atoms with van der Waals surface area (Å²) in [6.07, 6.45) is 0. The minimum Gasteiger partial charge on any atom is -0.379 e. The van der Waals surface area contributed by atoms with Gasteiger partial charge in [0.25, 0.3) is 10.0 Å². The Hall–Kier alpha value is -1.90. The minimum absolute atomic E-state index is 0.0464. The number of nitrogens with one attached hydrogen (secondary N) is 2. The van der Waals surface area contributed by atoms with E-state index in [4.69, 9.17) is 4.74 Å². The van der Waals surface area contributed by atoms with Crippen molar-refractivity contribution in [2.75, 3.05) is 26.3 Å². The molecule has 0 aliphatic carbocycles. The molecule has 0 unspecified atom stereocenters. The molecule has 170 valence electrons. The van der Waals surface area contributed by atoms with E-state index in [0.717, 1.165) is 35.6 Å². The maximum atomic E-state index is 13.0. The molecule has 1 amide bonds. The molecule has 1 aromatic heterocycles. The van der Waals surface area contributed by atoms with Crippen LogP contribution in [0.15, 0.2) is 45.5 Å². The quantitative estimate of drug-likeness (QED) is 0.566. The second-order valence-electron chi connectivity index (χ2n) is 6.75. The summed E-state index contributed by atoms with van der Waals surface area (Å²) in [7, 11) is -7.61. The van der Waals surface area contributed by atoms with Crippen molar-refractivity contribution < 1.29 is 30.8 Å². The first-order valence-corrected chi connectivity index (χ1v) is 13.1. The molecule has 0 radical (unpaired) electrons. The van der Waals surface area contributed by atoms with Crippen LogP contribution in [0.5, 0.6) is 0 Å². The van der Waals surface area contributed by atoms with Crippen molar-refractivity contribution in [3.05, 3.63) is 47.1 Å². The number of hydrogen-bond acceptors (Lipinski definition) is 7. The van der Waals surface area contributed by atoms with E-state index in [9.17, 15) is 26.0 Å². The van der Waals surface area contributed by atoms with Crippen molar-refractivity contribution in [2.24, 2.45) is 0 Å². The molecule has 2 N–H and O–H groups in total. The first-order valence-electron chi connectivity index (χ1n) is 9.32. The molecule has 1 atom stereocenters. The average molecular weight is 492 g/mol. The lowest BCUT2D eigenvalue weighted by atomic mass is 10.3. The largest absolute Gasteiger partial charge is 0.379 e. The van der Waals surface area contributed by atoms with Crippen molar-refractivity contribution in [1.82, 2.24) is 14.3 Å². The van der Waals surface area contributed by atoms with E-state index in [1.807, 2.05) is 0 Å². The predicted octanol–water partition coefficient (Wildman–Crippen LogP) is 0.891. The Balaban J connectivity index is 1.57. The van der Waals surface area contributed by atoms with Gasteiger partial charge in [-0.25, -0.2) is 21.2 Å². The third kappa shape index (κ3) is 5.87. The van der Waals surface area contributed by atoms with Gasteiger partial charge in [-0.15, -0.1) is 11.3 Å². The van der Waals surface area contributed by atoms with Crippen molar-refractivity contribution in [2.45, 2.75) is 28.6 Å². The monoisotopic (exact) mass is 491 g/mol. The summed E-state index contributed by atoms with van der Waals surface area (Å²) >= 11 is 1.04. The van der Waals surface area contributed by atoms with Gasteiger partial charge in [0.2, 0.25) is 15.9 Å². The number of halogens is 1. The zero-order valence-corrected chi connectivity index (χ0v) is 19.0. The molecule has 1 fully saturated rings. The fourth-order valence-corrected chi connectivity index (χ4v) is 6.86. The summed E-state index contributed by atoms with van der Waals surface area (Å²) in [5.74, 6) is -1.16.